The van der Waals surface area contributed by atoms with Crippen molar-refractivity contribution in [1.29, 1.82) is 5.41 Å². The van der Waals surface area contributed by atoms with Crippen molar-refractivity contribution in [2.75, 3.05) is 11.5 Å². The fraction of sp³-hybridized carbons (Fsp3) is 0.0500. The van der Waals surface area contributed by atoms with E-state index in [0.717, 1.165) is 22.3 Å². The van der Waals surface area contributed by atoms with E-state index in [2.05, 4.69) is 4.98 Å². The summed E-state index contributed by atoms with van der Waals surface area (Å²) in [6, 6.07) is 8.38. The van der Waals surface area contributed by atoms with Gasteiger partial charge in [0.1, 0.15) is 11.5 Å². The number of pyridine rings is 2. The standard InChI is InChI=1S/C20H16FN5OS/c1-9-7-13-19(26-18(9)14-3-2-6-28-14)15(17(24)20(27)25-13)10-4-5-12(21)16(23)11(10)8-22/h2-8,22H,23-24H2,1H3,(H,25,27). The highest BCUT2D eigenvalue weighted by atomic mass is 32.1. The molecule has 4 aromatic rings. The number of aromatic amines is 1. The van der Waals surface area contributed by atoms with Gasteiger partial charge in [-0.15, -0.1) is 11.3 Å². The lowest BCUT2D eigenvalue weighted by Gasteiger charge is -2.15. The molecule has 4 rings (SSSR count). The maximum Gasteiger partial charge on any atom is 0.272 e. The average Bonchev–Trinajstić information content (AvgIpc) is 3.20. The first-order valence-corrected chi connectivity index (χ1v) is 9.26. The number of nitrogen functional groups attached to an aromatic ring is 2. The molecule has 8 heteroatoms. The third-order valence-electron chi connectivity index (χ3n) is 4.61. The highest BCUT2D eigenvalue weighted by Crippen LogP contribution is 2.37. The summed E-state index contributed by atoms with van der Waals surface area (Å²) in [5.74, 6) is -0.641. The van der Waals surface area contributed by atoms with Gasteiger partial charge in [-0.2, -0.15) is 0 Å². The summed E-state index contributed by atoms with van der Waals surface area (Å²) in [4.78, 5) is 20.9. The lowest BCUT2D eigenvalue weighted by molar-refractivity contribution is 0.632. The van der Waals surface area contributed by atoms with Crippen molar-refractivity contribution in [1.82, 2.24) is 9.97 Å². The van der Waals surface area contributed by atoms with Crippen LogP contribution in [-0.4, -0.2) is 16.2 Å². The van der Waals surface area contributed by atoms with Crippen LogP contribution in [0.2, 0.25) is 0 Å². The minimum absolute atomic E-state index is 0.0601. The molecular weight excluding hydrogens is 377 g/mol. The van der Waals surface area contributed by atoms with Gasteiger partial charge in [-0.1, -0.05) is 12.1 Å². The second kappa shape index (κ2) is 6.58. The third kappa shape index (κ3) is 2.66. The van der Waals surface area contributed by atoms with Crippen LogP contribution < -0.4 is 17.0 Å². The first-order valence-electron chi connectivity index (χ1n) is 8.38. The average molecular weight is 393 g/mol. The van der Waals surface area contributed by atoms with Gasteiger partial charge < -0.3 is 21.9 Å². The minimum Gasteiger partial charge on any atom is -0.396 e. The number of nitrogens with one attached hydrogen (secondary N) is 2. The molecule has 6 nitrogen and oxygen atoms in total. The van der Waals surface area contributed by atoms with E-state index >= 15 is 0 Å². The number of nitrogens with two attached hydrogens (primary N) is 2. The Labute approximate surface area is 163 Å². The van der Waals surface area contributed by atoms with Crippen LogP contribution in [0.1, 0.15) is 11.1 Å². The second-order valence-corrected chi connectivity index (χ2v) is 7.28. The molecule has 0 atom stereocenters. The van der Waals surface area contributed by atoms with Crippen molar-refractivity contribution in [2.24, 2.45) is 0 Å². The molecule has 0 fully saturated rings. The zero-order valence-electron chi connectivity index (χ0n) is 14.8. The van der Waals surface area contributed by atoms with Crippen molar-refractivity contribution in [3.05, 3.63) is 63.0 Å². The molecular formula is C20H16FN5OS. The lowest BCUT2D eigenvalue weighted by Crippen LogP contribution is -2.15. The van der Waals surface area contributed by atoms with Gasteiger partial charge in [0, 0.05) is 17.3 Å². The fourth-order valence-corrected chi connectivity index (χ4v) is 4.03. The Morgan fingerprint density at radius 3 is 2.71 bits per heavy atom. The van der Waals surface area contributed by atoms with E-state index in [1.165, 1.54) is 12.1 Å². The van der Waals surface area contributed by atoms with Gasteiger partial charge in [-0.05, 0) is 41.6 Å². The summed E-state index contributed by atoms with van der Waals surface area (Å²) in [5.41, 5.74) is 14.7. The van der Waals surface area contributed by atoms with E-state index in [0.29, 0.717) is 22.2 Å². The predicted molar refractivity (Wildman–Crippen MR) is 113 cm³/mol. The van der Waals surface area contributed by atoms with Crippen LogP contribution in [0.3, 0.4) is 0 Å². The van der Waals surface area contributed by atoms with Crippen LogP contribution in [0.15, 0.2) is 40.5 Å². The minimum atomic E-state index is -0.641. The maximum atomic E-state index is 13.9. The molecule has 0 aliphatic rings. The smallest absolute Gasteiger partial charge is 0.272 e. The summed E-state index contributed by atoms with van der Waals surface area (Å²) in [5, 5.41) is 9.63. The number of aromatic nitrogens is 2. The quantitative estimate of drug-likeness (QED) is 0.311. The number of rotatable bonds is 3. The van der Waals surface area contributed by atoms with Crippen molar-refractivity contribution < 1.29 is 4.39 Å². The number of benzene rings is 1. The first-order chi connectivity index (χ1) is 13.4. The Kier molecular flexibility index (Phi) is 4.20. The molecule has 0 amide bonds. The Bertz CT molecular complexity index is 1290. The zero-order chi connectivity index (χ0) is 20.0. The van der Waals surface area contributed by atoms with Crippen LogP contribution in [-0.2, 0) is 0 Å². The second-order valence-electron chi connectivity index (χ2n) is 6.34. The fourth-order valence-electron chi connectivity index (χ4n) is 3.25. The third-order valence-corrected chi connectivity index (χ3v) is 5.49. The van der Waals surface area contributed by atoms with Crippen LogP contribution >= 0.6 is 11.3 Å². The lowest BCUT2D eigenvalue weighted by atomic mass is 9.96. The summed E-state index contributed by atoms with van der Waals surface area (Å²) in [7, 11) is 0. The number of aryl methyl sites for hydroxylation is 1. The van der Waals surface area contributed by atoms with Gasteiger partial charge in [0.25, 0.3) is 5.56 Å². The topological polar surface area (TPSA) is 122 Å². The molecule has 0 bridgehead atoms. The van der Waals surface area contributed by atoms with E-state index in [9.17, 15) is 9.18 Å². The Hall–Kier alpha value is -3.52. The number of H-pyrrole nitrogens is 1. The van der Waals surface area contributed by atoms with E-state index < -0.39 is 11.4 Å². The molecule has 28 heavy (non-hydrogen) atoms. The molecule has 0 aliphatic heterocycles. The van der Waals surface area contributed by atoms with E-state index in [4.69, 9.17) is 21.9 Å². The van der Waals surface area contributed by atoms with Gasteiger partial charge in [-0.3, -0.25) is 4.79 Å². The first kappa shape index (κ1) is 17.9. The molecule has 1 aromatic carbocycles. The molecule has 0 aliphatic carbocycles. The molecule has 0 saturated carbocycles. The Balaban J connectivity index is 2.16. The van der Waals surface area contributed by atoms with Crippen molar-refractivity contribution >= 4 is 40.0 Å². The number of nitrogens with zero attached hydrogens (tertiary/aromatic N) is 1. The summed E-state index contributed by atoms with van der Waals surface area (Å²) in [6.07, 6.45) is 0.953. The zero-order valence-corrected chi connectivity index (χ0v) is 15.7. The van der Waals surface area contributed by atoms with Crippen LogP contribution in [0, 0.1) is 18.2 Å². The number of hydrogen-bond acceptors (Lipinski definition) is 6. The molecule has 3 heterocycles. The SMILES string of the molecule is Cc1cc2[nH]c(=O)c(N)c(-c3ccc(F)c(N)c3C=N)c2nc1-c1cccs1. The van der Waals surface area contributed by atoms with Crippen molar-refractivity contribution in [2.45, 2.75) is 6.92 Å². The van der Waals surface area contributed by atoms with Gasteiger partial charge in [0.05, 0.1) is 27.3 Å². The van der Waals surface area contributed by atoms with Gasteiger partial charge in [0.15, 0.2) is 0 Å². The van der Waals surface area contributed by atoms with Crippen LogP contribution in [0.25, 0.3) is 32.7 Å². The molecule has 0 unspecified atom stereocenters. The van der Waals surface area contributed by atoms with Crippen molar-refractivity contribution in [3.63, 3.8) is 0 Å². The highest BCUT2D eigenvalue weighted by molar-refractivity contribution is 7.13. The molecule has 6 N–H and O–H groups in total. The highest BCUT2D eigenvalue weighted by Gasteiger charge is 2.20. The van der Waals surface area contributed by atoms with Crippen LogP contribution in [0.4, 0.5) is 15.8 Å². The largest absolute Gasteiger partial charge is 0.396 e. The molecule has 0 saturated heterocycles. The molecule has 3 aromatic heterocycles. The number of anilines is 2. The monoisotopic (exact) mass is 393 g/mol. The summed E-state index contributed by atoms with van der Waals surface area (Å²) >= 11 is 1.55. The normalized spacial score (nSPS) is 11.1. The number of halogens is 1. The van der Waals surface area contributed by atoms with Crippen molar-refractivity contribution in [3.8, 4) is 21.7 Å². The number of hydrogen-bond donors (Lipinski definition) is 4. The maximum absolute atomic E-state index is 13.9. The summed E-state index contributed by atoms with van der Waals surface area (Å²) in [6.45, 7) is 1.91. The molecule has 0 spiro atoms. The Morgan fingerprint density at radius 2 is 2.04 bits per heavy atom. The van der Waals surface area contributed by atoms with E-state index in [1.54, 1.807) is 11.3 Å². The summed E-state index contributed by atoms with van der Waals surface area (Å²) < 4.78 is 13.9. The van der Waals surface area contributed by atoms with E-state index in [1.807, 2.05) is 30.5 Å². The molecule has 0 radical (unpaired) electrons. The number of fused-ring (bicyclic) bond motifs is 1. The predicted octanol–water partition coefficient (Wildman–Crippen LogP) is 3.93. The van der Waals surface area contributed by atoms with Gasteiger partial charge in [0.2, 0.25) is 0 Å². The Morgan fingerprint density at radius 1 is 1.25 bits per heavy atom. The van der Waals surface area contributed by atoms with Gasteiger partial charge in [-0.25, -0.2) is 9.37 Å². The molecule has 140 valence electrons. The number of thiophene rings is 1. The van der Waals surface area contributed by atoms with Crippen LogP contribution in [0.5, 0.6) is 0 Å². The van der Waals surface area contributed by atoms with Gasteiger partial charge >= 0.3 is 0 Å². The van der Waals surface area contributed by atoms with E-state index in [-0.39, 0.29) is 16.9 Å².